The van der Waals surface area contributed by atoms with Crippen molar-refractivity contribution >= 4 is 17.1 Å². The van der Waals surface area contributed by atoms with Crippen LogP contribution in [-0.2, 0) is 0 Å². The van der Waals surface area contributed by atoms with E-state index in [1.165, 1.54) is 0 Å². The van der Waals surface area contributed by atoms with Gasteiger partial charge in [0.25, 0.3) is 0 Å². The van der Waals surface area contributed by atoms with Gasteiger partial charge in [-0.2, -0.15) is 0 Å². The maximum absolute atomic E-state index is 10.7. The molecule has 4 aromatic rings. The van der Waals surface area contributed by atoms with Crippen molar-refractivity contribution in [2.45, 2.75) is 41.5 Å². The molecular weight excluding hydrogens is 438 g/mol. The molecule has 0 fully saturated rings. The van der Waals surface area contributed by atoms with Gasteiger partial charge in [0.05, 0.1) is 11.4 Å². The standard InChI is InChI=1S/C30H31NO4/c1-17-15-20(4)30(27(32)16-17)35-24-11-9-23(10-12-24)31(25-13-7-18(2)28(33)21(25)5)26-14-8-19(3)29(34)22(26)6/h7-16,32-34H,1-6H3. The first-order valence-electron chi connectivity index (χ1n) is 11.5. The van der Waals surface area contributed by atoms with Crippen LogP contribution in [0.3, 0.4) is 0 Å². The van der Waals surface area contributed by atoms with E-state index in [1.807, 2.05) is 101 Å². The number of aryl methyl sites for hydroxylation is 4. The van der Waals surface area contributed by atoms with Gasteiger partial charge in [-0.3, -0.25) is 0 Å². The summed E-state index contributed by atoms with van der Waals surface area (Å²) in [7, 11) is 0. The Balaban J connectivity index is 1.81. The largest absolute Gasteiger partial charge is 0.507 e. The number of nitrogens with zero attached hydrogens (tertiary/aromatic N) is 1. The van der Waals surface area contributed by atoms with Crippen LogP contribution in [0.25, 0.3) is 0 Å². The van der Waals surface area contributed by atoms with E-state index in [0.717, 1.165) is 50.4 Å². The van der Waals surface area contributed by atoms with Crippen LogP contribution >= 0.6 is 0 Å². The second-order valence-corrected chi connectivity index (χ2v) is 9.11. The molecule has 5 heteroatoms. The number of benzene rings is 4. The summed E-state index contributed by atoms with van der Waals surface area (Å²) >= 11 is 0. The monoisotopic (exact) mass is 469 g/mol. The number of ether oxygens (including phenoxy) is 1. The molecule has 3 N–H and O–H groups in total. The second kappa shape index (κ2) is 9.26. The van der Waals surface area contributed by atoms with Crippen molar-refractivity contribution in [1.82, 2.24) is 0 Å². The minimum Gasteiger partial charge on any atom is -0.507 e. The van der Waals surface area contributed by atoms with Crippen molar-refractivity contribution < 1.29 is 20.1 Å². The molecule has 0 aromatic heterocycles. The molecule has 0 unspecified atom stereocenters. The van der Waals surface area contributed by atoms with Crippen LogP contribution in [0.4, 0.5) is 17.1 Å². The van der Waals surface area contributed by atoms with Gasteiger partial charge in [-0.25, -0.2) is 0 Å². The minimum absolute atomic E-state index is 0.102. The molecule has 0 heterocycles. The molecule has 0 aliphatic heterocycles. The van der Waals surface area contributed by atoms with Gasteiger partial charge in [-0.05, 0) is 106 Å². The zero-order chi connectivity index (χ0) is 25.4. The molecule has 180 valence electrons. The van der Waals surface area contributed by atoms with Crippen LogP contribution in [0.15, 0.2) is 60.7 Å². The molecule has 0 aliphatic carbocycles. The quantitative estimate of drug-likeness (QED) is 0.277. The van der Waals surface area contributed by atoms with Gasteiger partial charge in [-0.15, -0.1) is 0 Å². The Labute approximate surface area is 206 Å². The Hall–Kier alpha value is -4.12. The van der Waals surface area contributed by atoms with Crippen LogP contribution in [-0.4, -0.2) is 15.3 Å². The van der Waals surface area contributed by atoms with Crippen molar-refractivity contribution in [2.24, 2.45) is 0 Å². The van der Waals surface area contributed by atoms with E-state index in [1.54, 1.807) is 6.07 Å². The van der Waals surface area contributed by atoms with E-state index in [9.17, 15) is 15.3 Å². The molecule has 0 radical (unpaired) electrons. The number of hydrogen-bond donors (Lipinski definition) is 3. The number of rotatable bonds is 5. The number of phenolic OH excluding ortho intramolecular Hbond substituents is 3. The van der Waals surface area contributed by atoms with Crippen LogP contribution < -0.4 is 9.64 Å². The Morgan fingerprint density at radius 2 is 1.11 bits per heavy atom. The number of hydrogen-bond acceptors (Lipinski definition) is 5. The van der Waals surface area contributed by atoms with Gasteiger partial charge in [0.15, 0.2) is 11.5 Å². The molecule has 5 nitrogen and oxygen atoms in total. The van der Waals surface area contributed by atoms with Gasteiger partial charge in [0.1, 0.15) is 17.2 Å². The second-order valence-electron chi connectivity index (χ2n) is 9.11. The lowest BCUT2D eigenvalue weighted by Gasteiger charge is -2.29. The summed E-state index contributed by atoms with van der Waals surface area (Å²) in [6, 6.07) is 18.9. The Bertz CT molecular complexity index is 1330. The summed E-state index contributed by atoms with van der Waals surface area (Å²) < 4.78 is 6.01. The molecule has 0 amide bonds. The Kier molecular flexibility index (Phi) is 6.35. The van der Waals surface area contributed by atoms with E-state index < -0.39 is 0 Å². The molecule has 0 bridgehead atoms. The van der Waals surface area contributed by atoms with E-state index >= 15 is 0 Å². The van der Waals surface area contributed by atoms with Crippen molar-refractivity contribution in [3.8, 4) is 28.7 Å². The van der Waals surface area contributed by atoms with Gasteiger partial charge < -0.3 is 25.0 Å². The lowest BCUT2D eigenvalue weighted by molar-refractivity contribution is 0.408. The van der Waals surface area contributed by atoms with Crippen LogP contribution in [0.2, 0.25) is 0 Å². The summed E-state index contributed by atoms with van der Waals surface area (Å²) in [5.74, 6) is 1.60. The average Bonchev–Trinajstić information content (AvgIpc) is 2.82. The number of phenols is 3. The highest BCUT2D eigenvalue weighted by molar-refractivity contribution is 5.82. The maximum atomic E-state index is 10.7. The molecule has 0 saturated heterocycles. The highest BCUT2D eigenvalue weighted by Gasteiger charge is 2.21. The third kappa shape index (κ3) is 4.50. The number of aromatic hydroxyl groups is 3. The first kappa shape index (κ1) is 24.0. The molecule has 4 rings (SSSR count). The van der Waals surface area contributed by atoms with E-state index in [2.05, 4.69) is 0 Å². The highest BCUT2D eigenvalue weighted by atomic mass is 16.5. The third-order valence-corrected chi connectivity index (χ3v) is 6.40. The predicted molar refractivity (Wildman–Crippen MR) is 141 cm³/mol. The van der Waals surface area contributed by atoms with Gasteiger partial charge >= 0.3 is 0 Å². The maximum Gasteiger partial charge on any atom is 0.171 e. The van der Waals surface area contributed by atoms with Gasteiger partial charge in [0, 0.05) is 16.8 Å². The van der Waals surface area contributed by atoms with Crippen LogP contribution in [0.1, 0.15) is 33.4 Å². The van der Waals surface area contributed by atoms with Crippen LogP contribution in [0, 0.1) is 41.5 Å². The topological polar surface area (TPSA) is 73.2 Å². The van der Waals surface area contributed by atoms with Crippen molar-refractivity contribution in [2.75, 3.05) is 4.90 Å². The summed E-state index contributed by atoms with van der Waals surface area (Å²) in [6.45, 7) is 11.3. The lowest BCUT2D eigenvalue weighted by atomic mass is 10.0. The highest BCUT2D eigenvalue weighted by Crippen LogP contribution is 2.44. The minimum atomic E-state index is 0.102. The summed E-state index contributed by atoms with van der Waals surface area (Å²) in [5, 5.41) is 31.7. The smallest absolute Gasteiger partial charge is 0.171 e. The van der Waals surface area contributed by atoms with Crippen LogP contribution in [0.5, 0.6) is 28.7 Å². The average molecular weight is 470 g/mol. The first-order valence-corrected chi connectivity index (χ1v) is 11.5. The van der Waals surface area contributed by atoms with Crippen molar-refractivity contribution in [1.29, 1.82) is 0 Å². The molecule has 0 saturated carbocycles. The third-order valence-electron chi connectivity index (χ3n) is 6.40. The lowest BCUT2D eigenvalue weighted by Crippen LogP contribution is -2.13. The van der Waals surface area contributed by atoms with E-state index in [-0.39, 0.29) is 17.2 Å². The Morgan fingerprint density at radius 1 is 0.600 bits per heavy atom. The molecule has 0 spiro atoms. The van der Waals surface area contributed by atoms with E-state index in [0.29, 0.717) is 11.5 Å². The summed E-state index contributed by atoms with van der Waals surface area (Å²) in [4.78, 5) is 2.02. The molecule has 0 aliphatic rings. The SMILES string of the molecule is Cc1cc(C)c(Oc2ccc(N(c3ccc(C)c(O)c3C)c3ccc(C)c(O)c3C)cc2)c(O)c1. The zero-order valence-corrected chi connectivity index (χ0v) is 21.0. The van der Waals surface area contributed by atoms with E-state index in [4.69, 9.17) is 4.74 Å². The fourth-order valence-corrected chi connectivity index (χ4v) is 4.39. The number of anilines is 3. The predicted octanol–water partition coefficient (Wildman–Crippen LogP) is 7.92. The molecule has 0 atom stereocenters. The summed E-state index contributed by atoms with van der Waals surface area (Å²) in [5.41, 5.74) is 7.34. The molecule has 4 aromatic carbocycles. The first-order chi connectivity index (χ1) is 16.6. The Morgan fingerprint density at radius 3 is 1.60 bits per heavy atom. The van der Waals surface area contributed by atoms with Crippen molar-refractivity contribution in [3.05, 3.63) is 94.0 Å². The zero-order valence-electron chi connectivity index (χ0n) is 21.0. The summed E-state index contributed by atoms with van der Waals surface area (Å²) in [6.07, 6.45) is 0. The fourth-order valence-electron chi connectivity index (χ4n) is 4.39. The molecular formula is C30H31NO4. The normalized spacial score (nSPS) is 10.9. The molecule has 35 heavy (non-hydrogen) atoms. The van der Waals surface area contributed by atoms with Crippen molar-refractivity contribution in [3.63, 3.8) is 0 Å². The fraction of sp³-hybridized carbons (Fsp3) is 0.200. The van der Waals surface area contributed by atoms with Gasteiger partial charge in [0.2, 0.25) is 0 Å². The van der Waals surface area contributed by atoms with Gasteiger partial charge in [-0.1, -0.05) is 18.2 Å².